The summed E-state index contributed by atoms with van der Waals surface area (Å²) in [5.74, 6) is 0.741. The van der Waals surface area contributed by atoms with E-state index >= 15 is 0 Å². The minimum atomic E-state index is 0.606. The van der Waals surface area contributed by atoms with Crippen LogP contribution in [0.2, 0.25) is 0 Å². The molecule has 1 N–H and O–H groups in total. The molecule has 3 nitrogen and oxygen atoms in total. The van der Waals surface area contributed by atoms with Crippen LogP contribution in [0.1, 0.15) is 31.0 Å². The topological polar surface area (TPSA) is 28.2 Å². The zero-order chi connectivity index (χ0) is 12.8. The van der Waals surface area contributed by atoms with Crippen molar-refractivity contribution < 1.29 is 0 Å². The van der Waals surface area contributed by atoms with Gasteiger partial charge in [0.2, 0.25) is 0 Å². The van der Waals surface area contributed by atoms with Crippen molar-refractivity contribution in [2.24, 2.45) is 5.92 Å². The lowest BCUT2D eigenvalue weighted by molar-refractivity contribution is 0.246. The molecule has 1 rings (SSSR count). The Hall–Kier alpha value is -0.450. The SMILES string of the molecule is Cc1nc(CNCC(CC(C)C)N(C)C)cs1. The molecular weight excluding hydrogens is 230 g/mol. The molecule has 0 aromatic carbocycles. The molecule has 0 saturated carbocycles. The van der Waals surface area contributed by atoms with Gasteiger partial charge in [0.25, 0.3) is 0 Å². The highest BCUT2D eigenvalue weighted by Gasteiger charge is 2.12. The van der Waals surface area contributed by atoms with Gasteiger partial charge in [-0.05, 0) is 33.4 Å². The summed E-state index contributed by atoms with van der Waals surface area (Å²) in [5, 5.41) is 6.79. The number of rotatable bonds is 7. The molecule has 0 aliphatic rings. The molecule has 1 aromatic rings. The number of likely N-dealkylation sites (N-methyl/N-ethyl adjacent to an activating group) is 1. The van der Waals surface area contributed by atoms with E-state index in [0.717, 1.165) is 29.7 Å². The van der Waals surface area contributed by atoms with Gasteiger partial charge in [-0.1, -0.05) is 13.8 Å². The number of aromatic nitrogens is 1. The molecule has 1 atom stereocenters. The Kier molecular flexibility index (Phi) is 6.09. The van der Waals surface area contributed by atoms with E-state index in [2.05, 4.69) is 55.4 Å². The molecule has 0 amide bonds. The van der Waals surface area contributed by atoms with E-state index < -0.39 is 0 Å². The van der Waals surface area contributed by atoms with Gasteiger partial charge in [-0.3, -0.25) is 0 Å². The van der Waals surface area contributed by atoms with Crippen molar-refractivity contribution >= 4 is 11.3 Å². The molecule has 17 heavy (non-hydrogen) atoms. The van der Waals surface area contributed by atoms with Gasteiger partial charge >= 0.3 is 0 Å². The Morgan fingerprint density at radius 2 is 2.12 bits per heavy atom. The van der Waals surface area contributed by atoms with Crippen molar-refractivity contribution in [3.05, 3.63) is 16.1 Å². The van der Waals surface area contributed by atoms with Gasteiger partial charge in [0.05, 0.1) is 10.7 Å². The third-order valence-electron chi connectivity index (χ3n) is 2.83. The standard InChI is InChI=1S/C13H25N3S/c1-10(2)6-13(16(4)5)8-14-7-12-9-17-11(3)15-12/h9-10,13-14H,6-8H2,1-5H3. The van der Waals surface area contributed by atoms with Crippen LogP contribution in [0.25, 0.3) is 0 Å². The quantitative estimate of drug-likeness (QED) is 0.811. The molecule has 0 saturated heterocycles. The first-order chi connectivity index (χ1) is 7.99. The fourth-order valence-electron chi connectivity index (χ4n) is 1.88. The zero-order valence-electron chi connectivity index (χ0n) is 11.7. The van der Waals surface area contributed by atoms with Crippen molar-refractivity contribution in [3.63, 3.8) is 0 Å². The van der Waals surface area contributed by atoms with Gasteiger partial charge in [-0.2, -0.15) is 0 Å². The number of hydrogen-bond acceptors (Lipinski definition) is 4. The van der Waals surface area contributed by atoms with Crippen LogP contribution in [0.5, 0.6) is 0 Å². The molecule has 98 valence electrons. The van der Waals surface area contributed by atoms with E-state index in [-0.39, 0.29) is 0 Å². The molecule has 0 fully saturated rings. The van der Waals surface area contributed by atoms with Gasteiger partial charge in [-0.15, -0.1) is 11.3 Å². The smallest absolute Gasteiger partial charge is 0.0897 e. The summed E-state index contributed by atoms with van der Waals surface area (Å²) in [7, 11) is 4.31. The number of hydrogen-bond donors (Lipinski definition) is 1. The van der Waals surface area contributed by atoms with E-state index in [9.17, 15) is 0 Å². The van der Waals surface area contributed by atoms with Crippen LogP contribution in [0.15, 0.2) is 5.38 Å². The summed E-state index contributed by atoms with van der Waals surface area (Å²) < 4.78 is 0. The molecule has 0 aliphatic heterocycles. The maximum atomic E-state index is 4.46. The van der Waals surface area contributed by atoms with E-state index in [0.29, 0.717) is 6.04 Å². The lowest BCUT2D eigenvalue weighted by atomic mass is 10.0. The van der Waals surface area contributed by atoms with Crippen LogP contribution in [0, 0.1) is 12.8 Å². The molecule has 0 bridgehead atoms. The van der Waals surface area contributed by atoms with Gasteiger partial charge in [0.1, 0.15) is 0 Å². The third-order valence-corrected chi connectivity index (χ3v) is 3.65. The molecule has 1 unspecified atom stereocenters. The lowest BCUT2D eigenvalue weighted by Crippen LogP contribution is -2.38. The second kappa shape index (κ2) is 7.09. The largest absolute Gasteiger partial charge is 0.310 e. The van der Waals surface area contributed by atoms with Gasteiger partial charge in [0.15, 0.2) is 0 Å². The van der Waals surface area contributed by atoms with Crippen LogP contribution in [-0.2, 0) is 6.54 Å². The Morgan fingerprint density at radius 3 is 2.59 bits per heavy atom. The van der Waals surface area contributed by atoms with Crippen LogP contribution in [0.4, 0.5) is 0 Å². The highest BCUT2D eigenvalue weighted by molar-refractivity contribution is 7.09. The molecule has 0 spiro atoms. The van der Waals surface area contributed by atoms with Crippen molar-refractivity contribution in [1.29, 1.82) is 0 Å². The van der Waals surface area contributed by atoms with E-state index in [1.165, 1.54) is 6.42 Å². The maximum Gasteiger partial charge on any atom is 0.0897 e. The zero-order valence-corrected chi connectivity index (χ0v) is 12.5. The summed E-state index contributed by atoms with van der Waals surface area (Å²) in [6, 6.07) is 0.606. The fraction of sp³-hybridized carbons (Fsp3) is 0.769. The Morgan fingerprint density at radius 1 is 1.41 bits per heavy atom. The predicted molar refractivity (Wildman–Crippen MR) is 75.5 cm³/mol. The van der Waals surface area contributed by atoms with Crippen molar-refractivity contribution in [2.75, 3.05) is 20.6 Å². The third kappa shape index (κ3) is 5.61. The first-order valence-corrected chi connectivity index (χ1v) is 7.15. The minimum Gasteiger partial charge on any atom is -0.310 e. The minimum absolute atomic E-state index is 0.606. The van der Waals surface area contributed by atoms with Gasteiger partial charge < -0.3 is 10.2 Å². The fourth-order valence-corrected chi connectivity index (χ4v) is 2.49. The highest BCUT2D eigenvalue weighted by Crippen LogP contribution is 2.10. The number of nitrogens with zero attached hydrogens (tertiary/aromatic N) is 2. The monoisotopic (exact) mass is 255 g/mol. The maximum absolute atomic E-state index is 4.46. The number of nitrogens with one attached hydrogen (secondary N) is 1. The van der Waals surface area contributed by atoms with E-state index in [1.807, 2.05) is 0 Å². The Bertz CT molecular complexity index is 320. The molecule has 4 heteroatoms. The Balaban J connectivity index is 2.31. The van der Waals surface area contributed by atoms with Crippen LogP contribution in [0.3, 0.4) is 0 Å². The molecule has 1 aromatic heterocycles. The summed E-state index contributed by atoms with van der Waals surface area (Å²) >= 11 is 1.72. The molecular formula is C13H25N3S. The summed E-state index contributed by atoms with van der Waals surface area (Å²) in [6.45, 7) is 8.52. The second-order valence-corrected chi connectivity index (χ2v) is 6.30. The first kappa shape index (κ1) is 14.6. The van der Waals surface area contributed by atoms with Crippen LogP contribution in [-0.4, -0.2) is 36.6 Å². The van der Waals surface area contributed by atoms with Crippen molar-refractivity contribution in [2.45, 2.75) is 39.8 Å². The second-order valence-electron chi connectivity index (χ2n) is 5.24. The van der Waals surface area contributed by atoms with Crippen molar-refractivity contribution in [1.82, 2.24) is 15.2 Å². The van der Waals surface area contributed by atoms with Crippen LogP contribution < -0.4 is 5.32 Å². The number of thiazole rings is 1. The predicted octanol–water partition coefficient (Wildman–Crippen LogP) is 2.52. The van der Waals surface area contributed by atoms with Crippen LogP contribution >= 0.6 is 11.3 Å². The van der Waals surface area contributed by atoms with Gasteiger partial charge in [-0.25, -0.2) is 4.98 Å². The van der Waals surface area contributed by atoms with Gasteiger partial charge in [0, 0.05) is 24.5 Å². The molecule has 0 aliphatic carbocycles. The highest BCUT2D eigenvalue weighted by atomic mass is 32.1. The van der Waals surface area contributed by atoms with E-state index in [4.69, 9.17) is 0 Å². The summed E-state index contributed by atoms with van der Waals surface area (Å²) in [4.78, 5) is 6.76. The Labute approximate surface area is 109 Å². The van der Waals surface area contributed by atoms with Crippen molar-refractivity contribution in [3.8, 4) is 0 Å². The molecule has 0 radical (unpaired) electrons. The lowest BCUT2D eigenvalue weighted by Gasteiger charge is -2.26. The number of aryl methyl sites for hydroxylation is 1. The normalized spacial score (nSPS) is 13.6. The first-order valence-electron chi connectivity index (χ1n) is 6.27. The molecule has 1 heterocycles. The average molecular weight is 255 g/mol. The average Bonchev–Trinajstić information content (AvgIpc) is 2.62. The summed E-state index contributed by atoms with van der Waals surface area (Å²) in [5.41, 5.74) is 1.16. The van der Waals surface area contributed by atoms with E-state index in [1.54, 1.807) is 11.3 Å². The summed E-state index contributed by atoms with van der Waals surface area (Å²) in [6.07, 6.45) is 1.23.